The van der Waals surface area contributed by atoms with Crippen molar-refractivity contribution in [2.24, 2.45) is 4.99 Å². The molecule has 0 bridgehead atoms. The van der Waals surface area contributed by atoms with E-state index in [-0.39, 0.29) is 35.3 Å². The Bertz CT molecular complexity index is 2250. The van der Waals surface area contributed by atoms with Gasteiger partial charge in [0.05, 0.1) is 52.8 Å². The maximum absolute atomic E-state index is 14.2. The predicted octanol–water partition coefficient (Wildman–Crippen LogP) is 6.35. The van der Waals surface area contributed by atoms with Crippen LogP contribution in [0.4, 0.5) is 0 Å². The highest BCUT2D eigenvalue weighted by molar-refractivity contribution is 7.07. The second-order valence-corrected chi connectivity index (χ2v) is 12.5. The van der Waals surface area contributed by atoms with E-state index < -0.39 is 12.0 Å². The van der Waals surface area contributed by atoms with E-state index in [1.807, 2.05) is 60.7 Å². The van der Waals surface area contributed by atoms with Crippen molar-refractivity contribution in [1.82, 2.24) is 4.57 Å². The summed E-state index contributed by atoms with van der Waals surface area (Å²) in [5.41, 5.74) is 3.75. The number of rotatable bonds is 11. The van der Waals surface area contributed by atoms with Gasteiger partial charge in [0.1, 0.15) is 6.61 Å². The van der Waals surface area contributed by atoms with Crippen LogP contribution >= 0.6 is 22.9 Å². The summed E-state index contributed by atoms with van der Waals surface area (Å²) in [5, 5.41) is 0.282. The van der Waals surface area contributed by atoms with Crippen molar-refractivity contribution in [3.05, 3.63) is 155 Å². The summed E-state index contributed by atoms with van der Waals surface area (Å²) in [6.45, 7) is 4.13. The molecule has 0 fully saturated rings. The molecule has 0 radical (unpaired) electrons. The first-order valence-corrected chi connectivity index (χ1v) is 17.1. The lowest BCUT2D eigenvalue weighted by atomic mass is 9.93. The largest absolute Gasteiger partial charge is 0.493 e. The SMILES string of the molecule is CCOC(=O)C1=C(c2ccccc2)N=c2s/c(=C\c3cc(Cl)c(OCc4ccc(C(=O)OCC)cc4)c(OC)c3)c(=O)n2[C@@H]1c1ccccc1. The molecule has 1 atom stereocenters. The van der Waals surface area contributed by atoms with Crippen LogP contribution in [-0.4, -0.2) is 36.8 Å². The Morgan fingerprint density at radius 3 is 2.22 bits per heavy atom. The first kappa shape index (κ1) is 34.4. The van der Waals surface area contributed by atoms with Crippen molar-refractivity contribution < 1.29 is 28.5 Å². The molecule has 4 aromatic carbocycles. The minimum absolute atomic E-state index is 0.167. The Balaban J connectivity index is 1.40. The lowest BCUT2D eigenvalue weighted by Crippen LogP contribution is -2.39. The van der Waals surface area contributed by atoms with E-state index in [9.17, 15) is 14.4 Å². The van der Waals surface area contributed by atoms with E-state index in [0.29, 0.717) is 44.3 Å². The number of thiazole rings is 1. The number of nitrogens with zero attached hydrogens (tertiary/aromatic N) is 2. The van der Waals surface area contributed by atoms with Crippen molar-refractivity contribution in [2.75, 3.05) is 20.3 Å². The van der Waals surface area contributed by atoms with Crippen LogP contribution in [0, 0.1) is 0 Å². The van der Waals surface area contributed by atoms with Crippen LogP contribution in [0.15, 0.2) is 112 Å². The van der Waals surface area contributed by atoms with Crippen molar-refractivity contribution in [2.45, 2.75) is 26.5 Å². The molecule has 5 aromatic rings. The van der Waals surface area contributed by atoms with Crippen molar-refractivity contribution >= 4 is 46.6 Å². The zero-order chi connectivity index (χ0) is 35.2. The first-order valence-electron chi connectivity index (χ1n) is 15.9. The van der Waals surface area contributed by atoms with E-state index in [4.69, 9.17) is 35.5 Å². The van der Waals surface area contributed by atoms with Gasteiger partial charge in [0.2, 0.25) is 0 Å². The van der Waals surface area contributed by atoms with Crippen LogP contribution in [0.5, 0.6) is 11.5 Å². The van der Waals surface area contributed by atoms with Crippen LogP contribution in [0.3, 0.4) is 0 Å². The standard InChI is InChI=1S/C39H33ClN2O7S/c1-4-47-37(44)28-18-16-24(17-19-28)23-49-35-29(40)20-25(21-30(35)46-3)22-31-36(43)42-34(27-14-10-7-11-15-27)32(38(45)48-5-2)33(41-39(42)50-31)26-12-8-6-9-13-26/h6-22,34H,4-5,23H2,1-3H3/b31-22-/t34-/m1/s1. The average Bonchev–Trinajstić information content (AvgIpc) is 3.45. The summed E-state index contributed by atoms with van der Waals surface area (Å²) < 4.78 is 24.2. The number of fused-ring (bicyclic) bond motifs is 1. The van der Waals surface area contributed by atoms with Crippen LogP contribution in [0.25, 0.3) is 11.8 Å². The highest BCUT2D eigenvalue weighted by Gasteiger charge is 2.35. The third-order valence-electron chi connectivity index (χ3n) is 7.89. The number of benzene rings is 4. The third-order valence-corrected chi connectivity index (χ3v) is 9.15. The van der Waals surface area contributed by atoms with Gasteiger partial charge < -0.3 is 18.9 Å². The Morgan fingerprint density at radius 1 is 0.900 bits per heavy atom. The van der Waals surface area contributed by atoms with Gasteiger partial charge in [-0.1, -0.05) is 95.7 Å². The normalized spacial score (nSPS) is 14.1. The number of carbonyl (C=O) groups excluding carboxylic acids is 2. The number of hydrogen-bond donors (Lipinski definition) is 0. The van der Waals surface area contributed by atoms with Gasteiger partial charge in [-0.2, -0.15) is 0 Å². The maximum Gasteiger partial charge on any atom is 0.338 e. The topological polar surface area (TPSA) is 105 Å². The van der Waals surface area contributed by atoms with Gasteiger partial charge in [0.25, 0.3) is 5.56 Å². The molecular formula is C39H33ClN2O7S. The lowest BCUT2D eigenvalue weighted by molar-refractivity contribution is -0.138. The molecule has 1 aromatic heterocycles. The van der Waals surface area contributed by atoms with E-state index >= 15 is 0 Å². The molecule has 0 unspecified atom stereocenters. The number of esters is 2. The number of halogens is 1. The number of methoxy groups -OCH3 is 1. The summed E-state index contributed by atoms with van der Waals surface area (Å²) in [4.78, 5) is 45.2. The molecule has 2 heterocycles. The van der Waals surface area contributed by atoms with E-state index in [2.05, 4.69) is 0 Å². The summed E-state index contributed by atoms with van der Waals surface area (Å²) >= 11 is 7.93. The van der Waals surface area contributed by atoms with Crippen LogP contribution in [0.2, 0.25) is 5.02 Å². The van der Waals surface area contributed by atoms with Gasteiger partial charge in [-0.15, -0.1) is 0 Å². The Morgan fingerprint density at radius 2 is 1.56 bits per heavy atom. The average molecular weight is 709 g/mol. The fourth-order valence-corrected chi connectivity index (χ4v) is 6.89. The fraction of sp³-hybridized carbons (Fsp3) is 0.179. The second kappa shape index (κ2) is 15.4. The molecule has 11 heteroatoms. The van der Waals surface area contributed by atoms with Gasteiger partial charge in [-0.05, 0) is 60.9 Å². The molecule has 6 rings (SSSR count). The molecule has 0 amide bonds. The quantitative estimate of drug-likeness (QED) is 0.147. The number of ether oxygens (including phenoxy) is 4. The monoisotopic (exact) mass is 708 g/mol. The number of aromatic nitrogens is 1. The zero-order valence-electron chi connectivity index (χ0n) is 27.6. The third kappa shape index (κ3) is 7.12. The van der Waals surface area contributed by atoms with E-state index in [1.165, 1.54) is 18.4 Å². The molecule has 1 aliphatic heterocycles. The summed E-state index contributed by atoms with van der Waals surface area (Å²) in [5.74, 6) is -0.227. The molecular weight excluding hydrogens is 676 g/mol. The van der Waals surface area contributed by atoms with Gasteiger partial charge >= 0.3 is 11.9 Å². The second-order valence-electron chi connectivity index (χ2n) is 11.1. The zero-order valence-corrected chi connectivity index (χ0v) is 29.1. The molecule has 50 heavy (non-hydrogen) atoms. The maximum atomic E-state index is 14.2. The Hall–Kier alpha value is -5.45. The highest BCUT2D eigenvalue weighted by Crippen LogP contribution is 2.38. The molecule has 254 valence electrons. The molecule has 0 saturated carbocycles. The van der Waals surface area contributed by atoms with Crippen LogP contribution in [-0.2, 0) is 20.9 Å². The summed E-state index contributed by atoms with van der Waals surface area (Å²) in [6, 6.07) is 28.3. The number of hydrogen-bond acceptors (Lipinski definition) is 9. The summed E-state index contributed by atoms with van der Waals surface area (Å²) in [6.07, 6.45) is 1.72. The summed E-state index contributed by atoms with van der Waals surface area (Å²) in [7, 11) is 1.51. The van der Waals surface area contributed by atoms with E-state index in [0.717, 1.165) is 16.7 Å². The van der Waals surface area contributed by atoms with Crippen molar-refractivity contribution in [1.29, 1.82) is 0 Å². The van der Waals surface area contributed by atoms with Gasteiger partial charge in [0, 0.05) is 5.56 Å². The van der Waals surface area contributed by atoms with Crippen LogP contribution in [0.1, 0.15) is 52.5 Å². The predicted molar refractivity (Wildman–Crippen MR) is 192 cm³/mol. The smallest absolute Gasteiger partial charge is 0.338 e. The highest BCUT2D eigenvalue weighted by atomic mass is 35.5. The molecule has 0 saturated heterocycles. The van der Waals surface area contributed by atoms with E-state index in [1.54, 1.807) is 60.9 Å². The first-order chi connectivity index (χ1) is 24.3. The minimum Gasteiger partial charge on any atom is -0.493 e. The molecule has 1 aliphatic rings. The molecule has 0 spiro atoms. The van der Waals surface area contributed by atoms with Crippen molar-refractivity contribution in [3.8, 4) is 11.5 Å². The van der Waals surface area contributed by atoms with Crippen molar-refractivity contribution in [3.63, 3.8) is 0 Å². The van der Waals surface area contributed by atoms with Gasteiger partial charge in [0.15, 0.2) is 16.3 Å². The molecule has 0 N–H and O–H groups in total. The number of carbonyl (C=O) groups is 2. The molecule has 9 nitrogen and oxygen atoms in total. The Labute approximate surface area is 297 Å². The minimum atomic E-state index is -0.774. The molecule has 0 aliphatic carbocycles. The van der Waals surface area contributed by atoms with Gasteiger partial charge in [-0.3, -0.25) is 9.36 Å². The van der Waals surface area contributed by atoms with Crippen LogP contribution < -0.4 is 24.4 Å². The fourth-order valence-electron chi connectivity index (χ4n) is 5.61. The lowest BCUT2D eigenvalue weighted by Gasteiger charge is -2.25. The Kier molecular flexibility index (Phi) is 10.6. The van der Waals surface area contributed by atoms with Gasteiger partial charge in [-0.25, -0.2) is 14.6 Å².